The number of hydrogen-bond acceptors (Lipinski definition) is 4. The van der Waals surface area contributed by atoms with Crippen molar-refractivity contribution in [3.05, 3.63) is 24.3 Å². The van der Waals surface area contributed by atoms with Gasteiger partial charge in [0.15, 0.2) is 0 Å². The Kier molecular flexibility index (Phi) is 7.24. The van der Waals surface area contributed by atoms with Gasteiger partial charge in [-0.15, -0.1) is 0 Å². The Bertz CT molecular complexity index is 362. The van der Waals surface area contributed by atoms with E-state index in [-0.39, 0.29) is 17.2 Å². The van der Waals surface area contributed by atoms with E-state index >= 15 is 0 Å². The number of carbonyl (C=O) groups excluding carboxylic acids is 1. The van der Waals surface area contributed by atoms with Gasteiger partial charge < -0.3 is 14.0 Å². The number of hydrogen-bond donors (Lipinski definition) is 1. The minimum absolute atomic E-state index is 0.176. The van der Waals surface area contributed by atoms with E-state index in [0.717, 1.165) is 12.8 Å². The van der Waals surface area contributed by atoms with E-state index in [1.807, 2.05) is 0 Å². The van der Waals surface area contributed by atoms with Gasteiger partial charge in [-0.25, -0.2) is 13.7 Å². The zero-order chi connectivity index (χ0) is 15.1. The summed E-state index contributed by atoms with van der Waals surface area (Å²) in [7, 11) is -3.67. The summed E-state index contributed by atoms with van der Waals surface area (Å²) in [6.07, 6.45) is 1.56. The smallest absolute Gasteiger partial charge is 0.478 e. The maximum Gasteiger partial charge on any atom is 0.606 e. The monoisotopic (exact) mass is 290 g/mol. The van der Waals surface area contributed by atoms with Crippen LogP contribution in [0.15, 0.2) is 24.3 Å². The van der Waals surface area contributed by atoms with Crippen molar-refractivity contribution in [2.45, 2.75) is 32.7 Å². The topological polar surface area (TPSA) is 72.8 Å². The molecular weight excluding hydrogens is 271 g/mol. The van der Waals surface area contributed by atoms with Crippen molar-refractivity contribution in [3.63, 3.8) is 0 Å². The average Bonchev–Trinajstić information content (AvgIpc) is 2.29. The third kappa shape index (κ3) is 7.53. The Labute approximate surface area is 113 Å². The third-order valence-electron chi connectivity index (χ3n) is 2.15. The molecule has 1 unspecified atom stereocenters. The van der Waals surface area contributed by atoms with Crippen LogP contribution in [0.2, 0.25) is 6.04 Å². The van der Waals surface area contributed by atoms with Gasteiger partial charge in [-0.3, -0.25) is 0 Å². The van der Waals surface area contributed by atoms with E-state index in [2.05, 4.69) is 17.6 Å². The van der Waals surface area contributed by atoms with Crippen molar-refractivity contribution >= 4 is 20.8 Å². The van der Waals surface area contributed by atoms with Gasteiger partial charge in [0.1, 0.15) is 0 Å². The molecule has 0 amide bonds. The lowest BCUT2D eigenvalue weighted by atomic mass is 10.4. The second-order valence-electron chi connectivity index (χ2n) is 4.22. The van der Waals surface area contributed by atoms with Gasteiger partial charge in [0.05, 0.1) is 0 Å². The Balaban J connectivity index is 0.000000459. The SMILES string of the molecule is C=C(C)C(=O)O.C=C(C)C(=O)O[Si]1(F)CCCCO1. The number of carbonyl (C=O) groups is 2. The van der Waals surface area contributed by atoms with Crippen LogP contribution in [0.1, 0.15) is 26.7 Å². The summed E-state index contributed by atoms with van der Waals surface area (Å²) in [5.41, 5.74) is 0.383. The second-order valence-corrected chi connectivity index (χ2v) is 6.53. The minimum Gasteiger partial charge on any atom is -0.478 e. The molecule has 7 heteroatoms. The Morgan fingerprint density at radius 2 is 1.79 bits per heavy atom. The van der Waals surface area contributed by atoms with E-state index in [1.54, 1.807) is 0 Å². The number of carboxylic acid groups (broad SMARTS) is 1. The number of carboxylic acids is 1. The first-order valence-corrected chi connectivity index (χ1v) is 7.68. The number of halogens is 1. The highest BCUT2D eigenvalue weighted by molar-refractivity contribution is 6.62. The highest BCUT2D eigenvalue weighted by atomic mass is 28.4. The molecule has 1 aliphatic rings. The molecular formula is C12H19FO5Si. The van der Waals surface area contributed by atoms with Gasteiger partial charge in [-0.05, 0) is 26.7 Å². The van der Waals surface area contributed by atoms with Crippen molar-refractivity contribution in [3.8, 4) is 0 Å². The van der Waals surface area contributed by atoms with E-state index < -0.39 is 20.8 Å². The van der Waals surface area contributed by atoms with Crippen LogP contribution in [-0.2, 0) is 18.4 Å². The van der Waals surface area contributed by atoms with Gasteiger partial charge in [-0.2, -0.15) is 0 Å². The van der Waals surface area contributed by atoms with Crippen LogP contribution in [0.4, 0.5) is 4.11 Å². The normalized spacial score (nSPS) is 21.6. The summed E-state index contributed by atoms with van der Waals surface area (Å²) in [6.45, 7) is 9.82. The molecule has 0 spiro atoms. The van der Waals surface area contributed by atoms with Gasteiger partial charge in [0, 0.05) is 23.8 Å². The predicted molar refractivity (Wildman–Crippen MR) is 70.2 cm³/mol. The van der Waals surface area contributed by atoms with Crippen molar-refractivity contribution in [1.82, 2.24) is 0 Å². The fraction of sp³-hybridized carbons (Fsp3) is 0.500. The molecule has 1 rings (SSSR count). The van der Waals surface area contributed by atoms with Crippen molar-refractivity contribution in [2.24, 2.45) is 0 Å². The zero-order valence-electron chi connectivity index (χ0n) is 11.2. The lowest BCUT2D eigenvalue weighted by molar-refractivity contribution is -0.134. The fourth-order valence-corrected chi connectivity index (χ4v) is 2.92. The quantitative estimate of drug-likeness (QED) is 0.491. The molecule has 0 aromatic heterocycles. The summed E-state index contributed by atoms with van der Waals surface area (Å²) in [4.78, 5) is 20.6. The van der Waals surface area contributed by atoms with Gasteiger partial charge in [-0.1, -0.05) is 13.2 Å². The molecule has 1 saturated heterocycles. The van der Waals surface area contributed by atoms with Crippen molar-refractivity contribution in [2.75, 3.05) is 6.61 Å². The molecule has 0 aliphatic carbocycles. The van der Waals surface area contributed by atoms with Gasteiger partial charge in [0.2, 0.25) is 0 Å². The van der Waals surface area contributed by atoms with Crippen LogP contribution in [0.25, 0.3) is 0 Å². The summed E-state index contributed by atoms with van der Waals surface area (Å²) in [5, 5.41) is 7.89. The Hall–Kier alpha value is -1.47. The average molecular weight is 290 g/mol. The lowest BCUT2D eigenvalue weighted by Gasteiger charge is -2.25. The van der Waals surface area contributed by atoms with E-state index in [4.69, 9.17) is 9.53 Å². The fourth-order valence-electron chi connectivity index (χ4n) is 1.04. The van der Waals surface area contributed by atoms with Gasteiger partial charge >= 0.3 is 20.8 Å². The third-order valence-corrected chi connectivity index (χ3v) is 4.22. The number of rotatable bonds is 3. The van der Waals surface area contributed by atoms with E-state index in [0.29, 0.717) is 6.61 Å². The molecule has 0 saturated carbocycles. The Morgan fingerprint density at radius 3 is 2.11 bits per heavy atom. The molecule has 0 aromatic carbocycles. The summed E-state index contributed by atoms with van der Waals surface area (Å²) in [5.74, 6) is -1.62. The highest BCUT2D eigenvalue weighted by Crippen LogP contribution is 2.24. The predicted octanol–water partition coefficient (Wildman–Crippen LogP) is 2.47. The Morgan fingerprint density at radius 1 is 1.26 bits per heavy atom. The van der Waals surface area contributed by atoms with Crippen LogP contribution < -0.4 is 0 Å². The van der Waals surface area contributed by atoms with Crippen LogP contribution in [0.5, 0.6) is 0 Å². The number of aliphatic carboxylic acids is 1. The first-order chi connectivity index (χ1) is 8.68. The summed E-state index contributed by atoms with van der Waals surface area (Å²) < 4.78 is 23.1. The molecule has 5 nitrogen and oxygen atoms in total. The van der Waals surface area contributed by atoms with Crippen molar-refractivity contribution < 1.29 is 27.7 Å². The van der Waals surface area contributed by atoms with Gasteiger partial charge in [0.25, 0.3) is 0 Å². The largest absolute Gasteiger partial charge is 0.606 e. The van der Waals surface area contributed by atoms with E-state index in [1.165, 1.54) is 13.8 Å². The van der Waals surface area contributed by atoms with Crippen LogP contribution in [0.3, 0.4) is 0 Å². The summed E-state index contributed by atoms with van der Waals surface area (Å²) in [6, 6.07) is 0.242. The molecule has 0 bridgehead atoms. The summed E-state index contributed by atoms with van der Waals surface area (Å²) >= 11 is 0. The molecule has 0 radical (unpaired) electrons. The molecule has 108 valence electrons. The molecule has 1 atom stereocenters. The van der Waals surface area contributed by atoms with Crippen LogP contribution in [-0.4, -0.2) is 32.5 Å². The van der Waals surface area contributed by atoms with E-state index in [9.17, 15) is 13.7 Å². The first kappa shape index (κ1) is 17.5. The standard InChI is InChI=1S/C8H13FO3Si.C4H6O2/c1-7(2)8(10)12-13(9)6-4-3-5-11-13;1-3(2)4(5)6/h1,3-6H2,2H3;1H2,2H3,(H,5,6). The lowest BCUT2D eigenvalue weighted by Crippen LogP contribution is -2.42. The molecule has 19 heavy (non-hydrogen) atoms. The minimum atomic E-state index is -3.67. The maximum atomic E-state index is 13.6. The van der Waals surface area contributed by atoms with Crippen molar-refractivity contribution in [1.29, 1.82) is 0 Å². The van der Waals surface area contributed by atoms with Crippen LogP contribution >= 0.6 is 0 Å². The zero-order valence-corrected chi connectivity index (χ0v) is 12.2. The van der Waals surface area contributed by atoms with Crippen LogP contribution in [0, 0.1) is 0 Å². The molecule has 0 aromatic rings. The maximum absolute atomic E-state index is 13.6. The molecule has 1 fully saturated rings. The molecule has 1 aliphatic heterocycles. The highest BCUT2D eigenvalue weighted by Gasteiger charge is 2.45. The second kappa shape index (κ2) is 7.85. The first-order valence-electron chi connectivity index (χ1n) is 5.78. The molecule has 1 N–H and O–H groups in total. The molecule has 1 heterocycles.